The number of carbonyl (C=O) groups excluding carboxylic acids is 1. The van der Waals surface area contributed by atoms with Gasteiger partial charge in [0.15, 0.2) is 5.01 Å². The van der Waals surface area contributed by atoms with Crippen LogP contribution in [0.1, 0.15) is 32.6 Å². The fraction of sp³-hybridized carbons (Fsp3) is 0.444. The van der Waals surface area contributed by atoms with Crippen LogP contribution in [0.15, 0.2) is 23.8 Å². The summed E-state index contributed by atoms with van der Waals surface area (Å²) in [7, 11) is 0. The molecule has 1 atom stereocenters. The number of aromatic amines is 1. The molecule has 0 aromatic carbocycles. The molecule has 4 rings (SSSR count). The molecular formula is C18H22N6OS. The van der Waals surface area contributed by atoms with Crippen molar-refractivity contribution in [2.45, 2.75) is 38.6 Å². The van der Waals surface area contributed by atoms with Gasteiger partial charge in [0.1, 0.15) is 11.2 Å². The number of nitrogens with two attached hydrogens (primary N) is 1. The first-order valence-corrected chi connectivity index (χ1v) is 9.80. The minimum atomic E-state index is 0.0507. The van der Waals surface area contributed by atoms with Gasteiger partial charge in [0.05, 0.1) is 11.4 Å². The first-order valence-electron chi connectivity index (χ1n) is 8.92. The molecule has 0 radical (unpaired) electrons. The molecule has 0 bridgehead atoms. The molecule has 1 aliphatic carbocycles. The number of fused-ring (bicyclic) bond motifs is 1. The van der Waals surface area contributed by atoms with E-state index >= 15 is 0 Å². The van der Waals surface area contributed by atoms with Crippen molar-refractivity contribution in [3.8, 4) is 10.7 Å². The van der Waals surface area contributed by atoms with Gasteiger partial charge in [0, 0.05) is 23.5 Å². The van der Waals surface area contributed by atoms with Gasteiger partial charge < -0.3 is 16.0 Å². The van der Waals surface area contributed by atoms with E-state index in [1.807, 2.05) is 12.1 Å². The predicted octanol–water partition coefficient (Wildman–Crippen LogP) is 3.17. The number of anilines is 1. The van der Waals surface area contributed by atoms with Crippen LogP contribution in [-0.2, 0) is 4.79 Å². The molecule has 0 aliphatic heterocycles. The number of amides is 1. The molecule has 4 N–H and O–H groups in total. The van der Waals surface area contributed by atoms with Crippen LogP contribution >= 0.6 is 11.3 Å². The number of hydrogen-bond acceptors (Lipinski definition) is 6. The van der Waals surface area contributed by atoms with Gasteiger partial charge in [-0.1, -0.05) is 11.3 Å². The minimum Gasteiger partial charge on any atom is -0.337 e. The lowest BCUT2D eigenvalue weighted by atomic mass is 9.79. The van der Waals surface area contributed by atoms with E-state index in [9.17, 15) is 4.79 Å². The Hall–Kier alpha value is -2.32. The quantitative estimate of drug-likeness (QED) is 0.653. The number of aromatic nitrogens is 4. The van der Waals surface area contributed by atoms with Crippen molar-refractivity contribution >= 4 is 34.0 Å². The van der Waals surface area contributed by atoms with Crippen molar-refractivity contribution in [3.05, 3.63) is 23.8 Å². The first-order chi connectivity index (χ1) is 12.6. The van der Waals surface area contributed by atoms with Crippen LogP contribution in [0.25, 0.3) is 21.7 Å². The summed E-state index contributed by atoms with van der Waals surface area (Å²) in [4.78, 5) is 20.3. The van der Waals surface area contributed by atoms with E-state index in [4.69, 9.17) is 5.73 Å². The second-order valence-corrected chi connectivity index (χ2v) is 7.84. The maximum atomic E-state index is 12.7. The molecule has 26 heavy (non-hydrogen) atoms. The summed E-state index contributed by atoms with van der Waals surface area (Å²) in [5.41, 5.74) is 10.1. The minimum absolute atomic E-state index is 0.0507. The Morgan fingerprint density at radius 3 is 2.88 bits per heavy atom. The number of nitrogens with zero attached hydrogens (tertiary/aromatic N) is 3. The third-order valence-electron chi connectivity index (χ3n) is 5.27. The van der Waals surface area contributed by atoms with E-state index < -0.39 is 0 Å². The lowest BCUT2D eigenvalue weighted by Crippen LogP contribution is -2.33. The van der Waals surface area contributed by atoms with Gasteiger partial charge in [-0.3, -0.25) is 4.79 Å². The standard InChI is InChI=1S/C18H22N6OS/c1-10(19)11-2-4-12(5-3-11)17(25)23-14-6-7-20-16-13(14)8-15(22-16)18-24-21-9-26-18/h6-12H,2-5,19H2,1H3,(H2,20,22,23,25)/t10?,11-,12-. The van der Waals surface area contributed by atoms with E-state index in [-0.39, 0.29) is 17.9 Å². The van der Waals surface area contributed by atoms with E-state index in [2.05, 4.69) is 32.4 Å². The summed E-state index contributed by atoms with van der Waals surface area (Å²) >= 11 is 1.46. The number of rotatable bonds is 4. The fourth-order valence-electron chi connectivity index (χ4n) is 3.68. The van der Waals surface area contributed by atoms with E-state index in [0.717, 1.165) is 53.1 Å². The number of carbonyl (C=O) groups is 1. The monoisotopic (exact) mass is 370 g/mol. The van der Waals surface area contributed by atoms with Crippen LogP contribution in [-0.4, -0.2) is 32.1 Å². The zero-order valence-corrected chi connectivity index (χ0v) is 15.4. The second-order valence-electron chi connectivity index (χ2n) is 7.01. The molecular weight excluding hydrogens is 348 g/mol. The van der Waals surface area contributed by atoms with Crippen molar-refractivity contribution in [3.63, 3.8) is 0 Å². The van der Waals surface area contributed by atoms with Crippen molar-refractivity contribution in [2.24, 2.45) is 17.6 Å². The molecule has 1 aliphatic rings. The van der Waals surface area contributed by atoms with Crippen molar-refractivity contribution in [1.82, 2.24) is 20.2 Å². The summed E-state index contributed by atoms with van der Waals surface area (Å²) in [6.07, 6.45) is 5.54. The summed E-state index contributed by atoms with van der Waals surface area (Å²) in [6.45, 7) is 2.06. The molecule has 3 aromatic heterocycles. The number of nitrogens with one attached hydrogen (secondary N) is 2. The van der Waals surface area contributed by atoms with Crippen LogP contribution < -0.4 is 11.1 Å². The highest BCUT2D eigenvalue weighted by molar-refractivity contribution is 7.12. The Labute approximate surface area is 155 Å². The van der Waals surface area contributed by atoms with Crippen molar-refractivity contribution < 1.29 is 4.79 Å². The summed E-state index contributed by atoms with van der Waals surface area (Å²) in [5.74, 6) is 0.667. The molecule has 136 valence electrons. The lowest BCUT2D eigenvalue weighted by molar-refractivity contribution is -0.121. The molecule has 1 saturated carbocycles. The average Bonchev–Trinajstić information content (AvgIpc) is 3.31. The van der Waals surface area contributed by atoms with Crippen LogP contribution in [0, 0.1) is 11.8 Å². The van der Waals surface area contributed by atoms with Crippen LogP contribution in [0.3, 0.4) is 0 Å². The Morgan fingerprint density at radius 2 is 2.19 bits per heavy atom. The first kappa shape index (κ1) is 17.1. The molecule has 3 heterocycles. The summed E-state index contributed by atoms with van der Waals surface area (Å²) < 4.78 is 0. The van der Waals surface area contributed by atoms with Gasteiger partial charge in [-0.25, -0.2) is 4.98 Å². The zero-order valence-electron chi connectivity index (χ0n) is 14.6. The Kier molecular flexibility index (Phi) is 4.69. The van der Waals surface area contributed by atoms with Gasteiger partial charge in [0.25, 0.3) is 0 Å². The third-order valence-corrected chi connectivity index (χ3v) is 5.99. The zero-order chi connectivity index (χ0) is 18.1. The average molecular weight is 370 g/mol. The van der Waals surface area contributed by atoms with Crippen molar-refractivity contribution in [1.29, 1.82) is 0 Å². The number of hydrogen-bond donors (Lipinski definition) is 3. The third kappa shape index (κ3) is 3.34. The second kappa shape index (κ2) is 7.13. The SMILES string of the molecule is CC(N)[C@H]1CC[C@H](C(=O)Nc2ccnc3[nH]c(-c4nncs4)cc23)CC1. The van der Waals surface area contributed by atoms with E-state index in [1.165, 1.54) is 11.3 Å². The Bertz CT molecular complexity index is 896. The molecule has 0 spiro atoms. The Morgan fingerprint density at radius 1 is 1.38 bits per heavy atom. The Balaban J connectivity index is 1.51. The topological polar surface area (TPSA) is 110 Å². The maximum Gasteiger partial charge on any atom is 0.227 e. The maximum absolute atomic E-state index is 12.7. The van der Waals surface area contributed by atoms with Crippen LogP contribution in [0.4, 0.5) is 5.69 Å². The summed E-state index contributed by atoms with van der Waals surface area (Å²) in [5, 5.41) is 12.7. The number of pyridine rings is 1. The molecule has 0 saturated heterocycles. The normalized spacial score (nSPS) is 21.6. The van der Waals surface area contributed by atoms with Crippen molar-refractivity contribution in [2.75, 3.05) is 5.32 Å². The molecule has 1 fully saturated rings. The van der Waals surface area contributed by atoms with Gasteiger partial charge in [-0.2, -0.15) is 0 Å². The molecule has 3 aromatic rings. The van der Waals surface area contributed by atoms with Gasteiger partial charge in [0.2, 0.25) is 5.91 Å². The smallest absolute Gasteiger partial charge is 0.227 e. The predicted molar refractivity (Wildman–Crippen MR) is 103 cm³/mol. The molecule has 8 heteroatoms. The molecule has 1 unspecified atom stereocenters. The molecule has 1 amide bonds. The highest BCUT2D eigenvalue weighted by Crippen LogP contribution is 2.32. The largest absolute Gasteiger partial charge is 0.337 e. The lowest BCUT2D eigenvalue weighted by Gasteiger charge is -2.30. The van der Waals surface area contributed by atoms with E-state index in [1.54, 1.807) is 11.7 Å². The highest BCUT2D eigenvalue weighted by Gasteiger charge is 2.28. The van der Waals surface area contributed by atoms with E-state index in [0.29, 0.717) is 5.92 Å². The number of H-pyrrole nitrogens is 1. The summed E-state index contributed by atoms with van der Waals surface area (Å²) in [6, 6.07) is 4.01. The molecule has 7 nitrogen and oxygen atoms in total. The highest BCUT2D eigenvalue weighted by atomic mass is 32.1. The fourth-order valence-corrected chi connectivity index (χ4v) is 4.21. The van der Waals surface area contributed by atoms with Crippen LogP contribution in [0.5, 0.6) is 0 Å². The van der Waals surface area contributed by atoms with Gasteiger partial charge in [-0.05, 0) is 50.7 Å². The van der Waals surface area contributed by atoms with Gasteiger partial charge in [-0.15, -0.1) is 10.2 Å². The van der Waals surface area contributed by atoms with Gasteiger partial charge >= 0.3 is 0 Å². The van der Waals surface area contributed by atoms with Crippen LogP contribution in [0.2, 0.25) is 0 Å².